The Morgan fingerprint density at radius 1 is 1.31 bits per heavy atom. The molecule has 3 rings (SSSR count). The van der Waals surface area contributed by atoms with Crippen molar-refractivity contribution < 1.29 is 19.1 Å². The summed E-state index contributed by atoms with van der Waals surface area (Å²) in [6.45, 7) is 11.9. The first-order chi connectivity index (χ1) is 15.1. The number of hydrogen-bond donors (Lipinski definition) is 2. The van der Waals surface area contributed by atoms with Gasteiger partial charge in [-0.25, -0.2) is 9.78 Å². The number of H-pyrrole nitrogens is 1. The number of carbonyl (C=O) groups excluding carboxylic acids is 2. The number of benzene rings is 1. The summed E-state index contributed by atoms with van der Waals surface area (Å²) in [6.07, 6.45) is 11.3. The fourth-order valence-corrected chi connectivity index (χ4v) is 4.00. The first kappa shape index (κ1) is 23.5. The van der Waals surface area contributed by atoms with E-state index in [9.17, 15) is 9.59 Å². The van der Waals surface area contributed by atoms with E-state index in [2.05, 4.69) is 30.4 Å². The van der Waals surface area contributed by atoms with Crippen molar-refractivity contribution in [2.24, 2.45) is 11.1 Å². The molecule has 0 bridgehead atoms. The zero-order valence-corrected chi connectivity index (χ0v) is 19.2. The van der Waals surface area contributed by atoms with Gasteiger partial charge in [-0.15, -0.1) is 0 Å². The minimum absolute atomic E-state index is 0.0922. The molecule has 1 heterocycles. The van der Waals surface area contributed by atoms with Crippen molar-refractivity contribution in [3.05, 3.63) is 51.9 Å². The number of aromatic amines is 1. The van der Waals surface area contributed by atoms with Gasteiger partial charge in [0.25, 0.3) is 0 Å². The van der Waals surface area contributed by atoms with Crippen LogP contribution in [0.2, 0.25) is 0 Å². The van der Waals surface area contributed by atoms with E-state index in [1.54, 1.807) is 6.20 Å². The fraction of sp³-hybridized carbons (Fsp3) is 0.400. The van der Waals surface area contributed by atoms with E-state index >= 15 is 0 Å². The Bertz CT molecular complexity index is 1150. The second-order valence-corrected chi connectivity index (χ2v) is 8.93. The van der Waals surface area contributed by atoms with Gasteiger partial charge in [-0.1, -0.05) is 38.7 Å². The smallest absolute Gasteiger partial charge is 0.328 e. The maximum atomic E-state index is 12.9. The monoisotopic (exact) mass is 437 g/mol. The lowest BCUT2D eigenvalue weighted by molar-refractivity contribution is -0.137. The van der Waals surface area contributed by atoms with Crippen LogP contribution in [-0.4, -0.2) is 27.9 Å². The molecule has 0 amide bonds. The van der Waals surface area contributed by atoms with E-state index in [1.807, 2.05) is 25.2 Å². The Morgan fingerprint density at radius 2 is 2.06 bits per heavy atom. The Labute approximate surface area is 188 Å². The summed E-state index contributed by atoms with van der Waals surface area (Å²) in [6, 6.07) is -0.929. The van der Waals surface area contributed by atoms with E-state index in [1.165, 1.54) is 13.3 Å². The van der Waals surface area contributed by atoms with E-state index < -0.39 is 18.0 Å². The van der Waals surface area contributed by atoms with E-state index in [0.717, 1.165) is 29.2 Å². The largest absolute Gasteiger partial charge is 0.422 e. The number of aromatic nitrogens is 2. The minimum atomic E-state index is -0.929. The van der Waals surface area contributed by atoms with Crippen LogP contribution >= 0.6 is 0 Å². The topological polar surface area (TPSA) is 107 Å². The highest BCUT2D eigenvalue weighted by atomic mass is 16.6. The molecule has 0 spiro atoms. The molecule has 1 aliphatic rings. The van der Waals surface area contributed by atoms with Crippen LogP contribution in [0, 0.1) is 5.41 Å². The van der Waals surface area contributed by atoms with Crippen molar-refractivity contribution in [2.75, 3.05) is 0 Å². The summed E-state index contributed by atoms with van der Waals surface area (Å²) in [4.78, 5) is 31.8. The first-order valence-electron chi connectivity index (χ1n) is 10.8. The molecule has 1 unspecified atom stereocenters. The number of rotatable bonds is 6. The van der Waals surface area contributed by atoms with Gasteiger partial charge >= 0.3 is 11.9 Å². The highest BCUT2D eigenvalue weighted by Crippen LogP contribution is 2.40. The van der Waals surface area contributed by atoms with Gasteiger partial charge < -0.3 is 20.2 Å². The number of hydrogen-bond acceptors (Lipinski definition) is 6. The Morgan fingerprint density at radius 3 is 2.69 bits per heavy atom. The molecule has 1 aliphatic carbocycles. The number of nitrogens with zero attached hydrogens (tertiary/aromatic N) is 1. The van der Waals surface area contributed by atoms with E-state index in [4.69, 9.17) is 15.2 Å². The summed E-state index contributed by atoms with van der Waals surface area (Å²) in [5.74, 6) is -0.647. The number of fused-ring (bicyclic) bond motifs is 1. The third kappa shape index (κ3) is 5.16. The Kier molecular flexibility index (Phi) is 6.99. The van der Waals surface area contributed by atoms with Gasteiger partial charge in [0, 0.05) is 30.3 Å². The van der Waals surface area contributed by atoms with Crippen molar-refractivity contribution in [1.29, 1.82) is 0 Å². The molecule has 0 aliphatic heterocycles. The second-order valence-electron chi connectivity index (χ2n) is 8.93. The van der Waals surface area contributed by atoms with Crippen LogP contribution in [0.5, 0.6) is 11.5 Å². The van der Waals surface area contributed by atoms with Gasteiger partial charge in [0.15, 0.2) is 11.5 Å². The van der Waals surface area contributed by atoms with Crippen LogP contribution in [0.15, 0.2) is 24.7 Å². The highest BCUT2D eigenvalue weighted by molar-refractivity contribution is 5.80. The molecule has 3 N–H and O–H groups in total. The number of ether oxygens (including phenoxy) is 2. The van der Waals surface area contributed by atoms with Crippen LogP contribution < -0.4 is 25.6 Å². The number of nitrogens with one attached hydrogen (secondary N) is 1. The second kappa shape index (κ2) is 9.53. The van der Waals surface area contributed by atoms with Crippen LogP contribution in [0.3, 0.4) is 0 Å². The summed E-state index contributed by atoms with van der Waals surface area (Å²) in [5.41, 5.74) is 8.74. The molecule has 0 radical (unpaired) electrons. The third-order valence-corrected chi connectivity index (χ3v) is 5.68. The van der Waals surface area contributed by atoms with E-state index in [-0.39, 0.29) is 23.3 Å². The average molecular weight is 438 g/mol. The van der Waals surface area contributed by atoms with Gasteiger partial charge in [0.05, 0.1) is 12.0 Å². The molecule has 32 heavy (non-hydrogen) atoms. The predicted molar refractivity (Wildman–Crippen MR) is 124 cm³/mol. The van der Waals surface area contributed by atoms with Crippen molar-refractivity contribution in [2.45, 2.75) is 59.4 Å². The summed E-state index contributed by atoms with van der Waals surface area (Å²) < 4.78 is 11.4. The Balaban J connectivity index is 2.14. The van der Waals surface area contributed by atoms with Crippen LogP contribution in [0.25, 0.3) is 12.7 Å². The van der Waals surface area contributed by atoms with Gasteiger partial charge in [0.1, 0.15) is 6.04 Å². The van der Waals surface area contributed by atoms with Crippen LogP contribution in [0.1, 0.15) is 50.9 Å². The van der Waals surface area contributed by atoms with E-state index in [0.29, 0.717) is 17.3 Å². The molecule has 1 atom stereocenters. The maximum absolute atomic E-state index is 12.9. The molecule has 0 fully saturated rings. The normalized spacial score (nSPS) is 16.6. The van der Waals surface area contributed by atoms with Crippen molar-refractivity contribution in [1.82, 2.24) is 9.97 Å². The molecule has 7 heteroatoms. The molecule has 7 nitrogen and oxygen atoms in total. The summed E-state index contributed by atoms with van der Waals surface area (Å²) in [5, 5.41) is 1.38. The zero-order valence-electron chi connectivity index (χ0n) is 19.2. The highest BCUT2D eigenvalue weighted by Gasteiger charge is 2.32. The van der Waals surface area contributed by atoms with Crippen molar-refractivity contribution in [3.63, 3.8) is 0 Å². The number of carbonyl (C=O) groups is 2. The maximum Gasteiger partial charge on any atom is 0.328 e. The fourth-order valence-electron chi connectivity index (χ4n) is 4.00. The quantitative estimate of drug-likeness (QED) is 0.529. The predicted octanol–water partition coefficient (Wildman–Crippen LogP) is 2.09. The number of esters is 2. The standard InChI is InChI=1S/C25H31N3O4/c1-6-7-8-18-15(2)20-12-25(4,5)10-9-19(20)23(31-16(3)29)22(18)32-24(30)21(26)11-17-13-27-14-28-17/h6-8,13-14,21H,2,9-12,26H2,1,3-5H3,(H,27,28)/b7-6-,18-8+. The van der Waals surface area contributed by atoms with Gasteiger partial charge in [0.2, 0.25) is 0 Å². The van der Waals surface area contributed by atoms with Crippen LogP contribution in [0.4, 0.5) is 0 Å². The lowest BCUT2D eigenvalue weighted by Gasteiger charge is -2.33. The number of imidazole rings is 1. The summed E-state index contributed by atoms with van der Waals surface area (Å²) in [7, 11) is 0. The third-order valence-electron chi connectivity index (χ3n) is 5.68. The molecule has 0 saturated heterocycles. The molecule has 2 aromatic rings. The molecule has 1 aromatic heterocycles. The molecule has 1 aromatic carbocycles. The summed E-state index contributed by atoms with van der Waals surface area (Å²) >= 11 is 0. The van der Waals surface area contributed by atoms with Crippen LogP contribution in [-0.2, 0) is 28.9 Å². The molecule has 0 saturated carbocycles. The first-order valence-corrected chi connectivity index (χ1v) is 10.8. The van der Waals surface area contributed by atoms with Crippen molar-refractivity contribution >= 4 is 24.6 Å². The lowest BCUT2D eigenvalue weighted by Crippen LogP contribution is -2.41. The van der Waals surface area contributed by atoms with Gasteiger partial charge in [-0.05, 0) is 42.4 Å². The molecular weight excluding hydrogens is 406 g/mol. The lowest BCUT2D eigenvalue weighted by atomic mass is 9.73. The Hall–Kier alpha value is -3.19. The minimum Gasteiger partial charge on any atom is -0.422 e. The zero-order chi connectivity index (χ0) is 23.5. The number of nitrogens with two attached hydrogens (primary N) is 1. The number of allylic oxidation sites excluding steroid dienone is 2. The molecule has 170 valence electrons. The van der Waals surface area contributed by atoms with Gasteiger partial charge in [-0.2, -0.15) is 0 Å². The molecular formula is C25H31N3O4. The average Bonchev–Trinajstić information content (AvgIpc) is 3.22. The van der Waals surface area contributed by atoms with Crippen molar-refractivity contribution in [3.8, 4) is 11.5 Å². The van der Waals surface area contributed by atoms with Gasteiger partial charge in [-0.3, -0.25) is 4.79 Å². The SMILES string of the molecule is C=c1c2c(c(OC(C)=O)c(OC(=O)C(N)Cc3c[nH]cn3)/c1=C/C=C\C)CCC(C)(C)C2.